The largest absolute Gasteiger partial charge is 0.501 e. The Bertz CT molecular complexity index is 1880. The van der Waals surface area contributed by atoms with Crippen molar-refractivity contribution in [1.82, 2.24) is 5.32 Å². The number of carbonyl (C=O) groups is 3. The zero-order valence-corrected chi connectivity index (χ0v) is 24.9. The van der Waals surface area contributed by atoms with Crippen molar-refractivity contribution in [3.05, 3.63) is 83.7 Å². The molecule has 0 aromatic heterocycles. The summed E-state index contributed by atoms with van der Waals surface area (Å²) in [6.07, 6.45) is 4.11. The van der Waals surface area contributed by atoms with E-state index in [0.29, 0.717) is 12.5 Å². The summed E-state index contributed by atoms with van der Waals surface area (Å²) in [7, 11) is -3.15. The molecule has 5 rings (SSSR count). The van der Waals surface area contributed by atoms with Crippen molar-refractivity contribution in [3.8, 4) is 22.6 Å². The monoisotopic (exact) mass is 662 g/mol. The lowest BCUT2D eigenvalue weighted by Gasteiger charge is -2.28. The molecule has 1 saturated carbocycles. The fourth-order valence-electron chi connectivity index (χ4n) is 5.87. The molecule has 3 N–H and O–H groups in total. The predicted molar refractivity (Wildman–Crippen MR) is 156 cm³/mol. The lowest BCUT2D eigenvalue weighted by atomic mass is 9.87. The molecule has 3 aromatic rings. The zero-order valence-electron chi connectivity index (χ0n) is 24.1. The highest BCUT2D eigenvalue weighted by molar-refractivity contribution is 7.92. The van der Waals surface area contributed by atoms with Crippen molar-refractivity contribution in [3.63, 3.8) is 0 Å². The highest BCUT2D eigenvalue weighted by Crippen LogP contribution is 2.45. The molecule has 2 aliphatic carbocycles. The fourth-order valence-corrected chi connectivity index (χ4v) is 6.68. The number of hydrogen-bond donors (Lipinski definition) is 3. The van der Waals surface area contributed by atoms with Gasteiger partial charge in [-0.2, -0.15) is 13.2 Å². The van der Waals surface area contributed by atoms with E-state index in [1.54, 1.807) is 6.08 Å². The number of hydrogen-bond acceptors (Lipinski definition) is 7. The molecule has 0 heterocycles. The van der Waals surface area contributed by atoms with Crippen LogP contribution in [0.5, 0.6) is 11.5 Å². The van der Waals surface area contributed by atoms with Gasteiger partial charge in [0.2, 0.25) is 5.91 Å². The van der Waals surface area contributed by atoms with Crippen LogP contribution in [0.25, 0.3) is 11.1 Å². The van der Waals surface area contributed by atoms with Gasteiger partial charge in [0.05, 0.1) is 30.6 Å². The number of alkyl halides is 3. The number of sulfone groups is 1. The molecule has 4 atom stereocenters. The number of anilines is 1. The Labute approximate surface area is 259 Å². The summed E-state index contributed by atoms with van der Waals surface area (Å²) in [5, 5.41) is 14.8. The second kappa shape index (κ2) is 12.1. The SMILES string of the molecule is COc1ccc(-c2cc(C(=O)NC3C4C=CC(C4)C3C(=O)Nc3cccc(S(=O)(=O)C(F)(F)F)c3)c(OC)cc2F)cc1C(=O)O. The van der Waals surface area contributed by atoms with E-state index in [-0.39, 0.29) is 51.3 Å². The molecule has 15 heteroatoms. The number of ether oxygens (including phenoxy) is 2. The Balaban J connectivity index is 1.42. The number of carbonyl (C=O) groups excluding carboxylic acids is 2. The van der Waals surface area contributed by atoms with Crippen LogP contribution in [0.4, 0.5) is 23.2 Å². The Morgan fingerprint density at radius 2 is 1.61 bits per heavy atom. The maximum Gasteiger partial charge on any atom is 0.501 e. The van der Waals surface area contributed by atoms with E-state index < -0.39 is 55.8 Å². The summed E-state index contributed by atoms with van der Waals surface area (Å²) in [6.45, 7) is 0. The molecule has 0 radical (unpaired) electrons. The van der Waals surface area contributed by atoms with Crippen LogP contribution in [0.3, 0.4) is 0 Å². The maximum atomic E-state index is 15.2. The molecule has 1 fully saturated rings. The highest BCUT2D eigenvalue weighted by Gasteiger charge is 2.49. The summed E-state index contributed by atoms with van der Waals surface area (Å²) in [4.78, 5) is 37.8. The van der Waals surface area contributed by atoms with Gasteiger partial charge in [0, 0.05) is 23.4 Å². The molecular formula is C31H26F4N2O8S. The molecule has 10 nitrogen and oxygen atoms in total. The van der Waals surface area contributed by atoms with E-state index in [1.165, 1.54) is 44.6 Å². The van der Waals surface area contributed by atoms with Crippen LogP contribution < -0.4 is 20.1 Å². The number of carboxylic acid groups (broad SMARTS) is 1. The van der Waals surface area contributed by atoms with Crippen LogP contribution in [0.15, 0.2) is 71.6 Å². The van der Waals surface area contributed by atoms with Gasteiger partial charge in [0.25, 0.3) is 15.7 Å². The quantitative estimate of drug-likeness (QED) is 0.213. The average molecular weight is 663 g/mol. The lowest BCUT2D eigenvalue weighted by Crippen LogP contribution is -2.47. The number of benzene rings is 3. The van der Waals surface area contributed by atoms with E-state index in [9.17, 15) is 41.1 Å². The second-order valence-electron chi connectivity index (χ2n) is 10.7. The smallest absolute Gasteiger partial charge is 0.496 e. The number of halogens is 4. The number of fused-ring (bicyclic) bond motifs is 2. The van der Waals surface area contributed by atoms with Crippen molar-refractivity contribution in [2.45, 2.75) is 22.9 Å². The molecule has 2 bridgehead atoms. The number of carboxylic acids is 1. The Hall–Kier alpha value is -4.92. The summed E-state index contributed by atoms with van der Waals surface area (Å²) in [5.41, 5.74) is -6.02. The van der Waals surface area contributed by atoms with Gasteiger partial charge in [-0.25, -0.2) is 17.6 Å². The number of allylic oxidation sites excluding steroid dienone is 1. The minimum absolute atomic E-state index is 0.0468. The van der Waals surface area contributed by atoms with Crippen molar-refractivity contribution in [2.75, 3.05) is 19.5 Å². The predicted octanol–water partition coefficient (Wildman–Crippen LogP) is 5.06. The normalized spacial score (nSPS) is 20.3. The number of nitrogens with one attached hydrogen (secondary N) is 2. The minimum Gasteiger partial charge on any atom is -0.496 e. The maximum absolute atomic E-state index is 15.2. The van der Waals surface area contributed by atoms with Gasteiger partial charge in [-0.1, -0.05) is 24.3 Å². The van der Waals surface area contributed by atoms with Crippen LogP contribution in [0.2, 0.25) is 0 Å². The first-order valence-corrected chi connectivity index (χ1v) is 15.1. The third-order valence-electron chi connectivity index (χ3n) is 8.05. The number of amides is 2. The van der Waals surface area contributed by atoms with Crippen LogP contribution in [-0.4, -0.2) is 57.1 Å². The summed E-state index contributed by atoms with van der Waals surface area (Å²) in [6, 6.07) is 9.13. The molecule has 2 aliphatic rings. The number of aromatic carboxylic acids is 1. The Morgan fingerprint density at radius 1 is 0.913 bits per heavy atom. The molecule has 3 aromatic carbocycles. The second-order valence-corrected chi connectivity index (χ2v) is 12.6. The number of rotatable bonds is 9. The van der Waals surface area contributed by atoms with Crippen LogP contribution in [0.1, 0.15) is 27.1 Å². The van der Waals surface area contributed by atoms with E-state index >= 15 is 4.39 Å². The zero-order chi connectivity index (χ0) is 33.6. The van der Waals surface area contributed by atoms with E-state index in [0.717, 1.165) is 18.2 Å². The van der Waals surface area contributed by atoms with E-state index in [1.807, 2.05) is 6.08 Å². The third-order valence-corrected chi connectivity index (χ3v) is 9.53. The molecule has 2 amide bonds. The molecule has 0 spiro atoms. The van der Waals surface area contributed by atoms with Gasteiger partial charge in [0.1, 0.15) is 22.9 Å². The van der Waals surface area contributed by atoms with Gasteiger partial charge < -0.3 is 25.2 Å². The Morgan fingerprint density at radius 3 is 2.26 bits per heavy atom. The van der Waals surface area contributed by atoms with Gasteiger partial charge in [-0.3, -0.25) is 9.59 Å². The fraction of sp³-hybridized carbons (Fsp3) is 0.258. The first-order chi connectivity index (χ1) is 21.7. The van der Waals surface area contributed by atoms with Crippen LogP contribution in [0, 0.1) is 23.6 Å². The van der Waals surface area contributed by atoms with Crippen molar-refractivity contribution in [2.24, 2.45) is 17.8 Å². The highest BCUT2D eigenvalue weighted by atomic mass is 32.2. The standard InChI is InChI=1S/C31H26F4N2O8S/c1-44-24-9-8-15(11-22(24)30(40)41)20-13-21(25(45-2)14-23(20)32)28(38)37-27-17-7-6-16(10-17)26(27)29(39)36-18-4-3-5-19(12-18)46(42,43)31(33,34)35/h3-9,11-14,16-17,26-27H,10H2,1-2H3,(H,36,39)(H,37,38)(H,40,41). The van der Waals surface area contributed by atoms with Gasteiger partial charge in [-0.15, -0.1) is 0 Å². The molecule has 242 valence electrons. The van der Waals surface area contributed by atoms with Gasteiger partial charge >= 0.3 is 11.5 Å². The Kier molecular flexibility index (Phi) is 8.55. The molecule has 0 saturated heterocycles. The molecular weight excluding hydrogens is 636 g/mol. The third kappa shape index (κ3) is 5.89. The summed E-state index contributed by atoms with van der Waals surface area (Å²) < 4.78 is 88.4. The van der Waals surface area contributed by atoms with Crippen LogP contribution >= 0.6 is 0 Å². The van der Waals surface area contributed by atoms with Crippen molar-refractivity contribution < 1.29 is 54.9 Å². The lowest BCUT2D eigenvalue weighted by molar-refractivity contribution is -0.121. The topological polar surface area (TPSA) is 148 Å². The minimum atomic E-state index is -5.66. The van der Waals surface area contributed by atoms with Crippen molar-refractivity contribution >= 4 is 33.3 Å². The first-order valence-electron chi connectivity index (χ1n) is 13.7. The van der Waals surface area contributed by atoms with Crippen LogP contribution in [-0.2, 0) is 14.6 Å². The first kappa shape index (κ1) is 32.5. The molecule has 4 unspecified atom stereocenters. The van der Waals surface area contributed by atoms with Crippen molar-refractivity contribution in [1.29, 1.82) is 0 Å². The number of methoxy groups -OCH3 is 2. The van der Waals surface area contributed by atoms with Gasteiger partial charge in [0.15, 0.2) is 0 Å². The van der Waals surface area contributed by atoms with E-state index in [2.05, 4.69) is 10.6 Å². The molecule has 0 aliphatic heterocycles. The summed E-state index contributed by atoms with van der Waals surface area (Å²) >= 11 is 0. The van der Waals surface area contributed by atoms with Gasteiger partial charge in [-0.05, 0) is 60.2 Å². The van der Waals surface area contributed by atoms with E-state index in [4.69, 9.17) is 9.47 Å². The average Bonchev–Trinajstić information content (AvgIpc) is 3.62. The summed E-state index contributed by atoms with van der Waals surface area (Å²) in [5.74, 6) is -5.09. The molecule has 46 heavy (non-hydrogen) atoms.